The van der Waals surface area contributed by atoms with Gasteiger partial charge in [0.25, 0.3) is 11.6 Å². The van der Waals surface area contributed by atoms with E-state index in [1.54, 1.807) is 19.1 Å². The molecule has 1 spiro atoms. The molecule has 1 unspecified atom stereocenters. The SMILES string of the molecule is CCN1CC(=O)N(C[C@@H]2N=C(N)N3CC(NC(=O)c4cccc5c4OCCC5(C)C)C(O)(O)[C@@]34NC(N)=[NH+][C@@H]24)C1=O. The summed E-state index contributed by atoms with van der Waals surface area (Å²) in [5.41, 5.74) is 11.7. The number of rotatable bonds is 5. The van der Waals surface area contributed by atoms with Gasteiger partial charge in [0, 0.05) is 12.1 Å². The first-order chi connectivity index (χ1) is 19.3. The van der Waals surface area contributed by atoms with Crippen molar-refractivity contribution in [1.29, 1.82) is 0 Å². The Kier molecular flexibility index (Phi) is 5.91. The third-order valence-electron chi connectivity index (χ3n) is 9.03. The second-order valence-corrected chi connectivity index (χ2v) is 11.8. The highest BCUT2D eigenvalue weighted by molar-refractivity contribution is 6.02. The topological polar surface area (TPSA) is 213 Å². The van der Waals surface area contributed by atoms with E-state index in [9.17, 15) is 24.6 Å². The first-order valence-corrected chi connectivity index (χ1v) is 13.7. The fourth-order valence-corrected chi connectivity index (χ4v) is 6.71. The minimum absolute atomic E-state index is 0.0244. The number of aliphatic hydroxyl groups is 2. The number of likely N-dealkylation sites (N-methyl/N-ethyl adjacent to an activating group) is 1. The van der Waals surface area contributed by atoms with Crippen LogP contribution in [-0.4, -0.2) is 117 Å². The zero-order chi connectivity index (χ0) is 29.5. The normalized spacial score (nSPS) is 31.0. The number of carbonyl (C=O) groups is 3. The van der Waals surface area contributed by atoms with Gasteiger partial charge >= 0.3 is 12.0 Å². The minimum Gasteiger partial charge on any atom is -0.492 e. The highest BCUT2D eigenvalue weighted by atomic mass is 16.5. The molecule has 0 aromatic heterocycles. The fourth-order valence-electron chi connectivity index (χ4n) is 6.71. The van der Waals surface area contributed by atoms with Gasteiger partial charge in [-0.25, -0.2) is 15.1 Å². The Bertz CT molecular complexity index is 1390. The number of amides is 4. The van der Waals surface area contributed by atoms with Crippen LogP contribution in [-0.2, 0) is 10.2 Å². The van der Waals surface area contributed by atoms with Crippen LogP contribution < -0.4 is 31.8 Å². The average molecular weight is 571 g/mol. The summed E-state index contributed by atoms with van der Waals surface area (Å²) in [5.74, 6) is -3.14. The Morgan fingerprint density at radius 1 is 1.29 bits per heavy atom. The highest BCUT2D eigenvalue weighted by Crippen LogP contribution is 2.43. The Balaban J connectivity index is 1.30. The summed E-state index contributed by atoms with van der Waals surface area (Å²) < 4.78 is 5.89. The average Bonchev–Trinajstić information content (AvgIpc) is 3.49. The molecule has 15 nitrogen and oxygen atoms in total. The van der Waals surface area contributed by atoms with Crippen molar-refractivity contribution < 1.29 is 34.3 Å². The molecule has 2 fully saturated rings. The molecule has 2 saturated heterocycles. The van der Waals surface area contributed by atoms with Gasteiger partial charge in [0.1, 0.15) is 24.4 Å². The molecular weight excluding hydrogens is 534 g/mol. The highest BCUT2D eigenvalue weighted by Gasteiger charge is 2.76. The molecule has 0 saturated carbocycles. The van der Waals surface area contributed by atoms with Crippen molar-refractivity contribution in [2.45, 2.75) is 62.2 Å². The maximum absolute atomic E-state index is 13.6. The minimum atomic E-state index is -2.64. The zero-order valence-electron chi connectivity index (χ0n) is 23.2. The van der Waals surface area contributed by atoms with E-state index < -0.39 is 47.4 Å². The van der Waals surface area contributed by atoms with E-state index in [1.165, 1.54) is 9.80 Å². The molecule has 0 bridgehead atoms. The summed E-state index contributed by atoms with van der Waals surface area (Å²) in [4.78, 5) is 50.4. The van der Waals surface area contributed by atoms with E-state index in [0.29, 0.717) is 18.9 Å². The lowest BCUT2D eigenvalue weighted by Gasteiger charge is -2.46. The summed E-state index contributed by atoms with van der Waals surface area (Å²) in [6.07, 6.45) is 0.796. The van der Waals surface area contributed by atoms with Crippen LogP contribution in [0.25, 0.3) is 0 Å². The van der Waals surface area contributed by atoms with Crippen LogP contribution in [0.5, 0.6) is 5.75 Å². The monoisotopic (exact) mass is 570 g/mol. The van der Waals surface area contributed by atoms with Gasteiger partial charge in [0.05, 0.1) is 25.3 Å². The lowest BCUT2D eigenvalue weighted by Crippen LogP contribution is -2.90. The van der Waals surface area contributed by atoms with Crippen LogP contribution in [0.4, 0.5) is 4.79 Å². The summed E-state index contributed by atoms with van der Waals surface area (Å²) in [6, 6.07) is 1.81. The van der Waals surface area contributed by atoms with Crippen LogP contribution in [0.2, 0.25) is 0 Å². The second kappa shape index (κ2) is 8.94. The largest absolute Gasteiger partial charge is 0.492 e. The van der Waals surface area contributed by atoms with Gasteiger partial charge < -0.3 is 30.9 Å². The van der Waals surface area contributed by atoms with Crippen molar-refractivity contribution in [3.05, 3.63) is 29.3 Å². The van der Waals surface area contributed by atoms with Gasteiger partial charge in [-0.3, -0.25) is 30.1 Å². The number of fused-ring (bicyclic) bond motifs is 1. The summed E-state index contributed by atoms with van der Waals surface area (Å²) in [5, 5.41) is 29.2. The molecule has 41 heavy (non-hydrogen) atoms. The van der Waals surface area contributed by atoms with Gasteiger partial charge in [-0.15, -0.1) is 0 Å². The van der Waals surface area contributed by atoms with Crippen molar-refractivity contribution in [3.63, 3.8) is 0 Å². The number of para-hydroxylation sites is 1. The first kappa shape index (κ1) is 27.1. The molecule has 1 aromatic rings. The van der Waals surface area contributed by atoms with E-state index in [1.807, 2.05) is 6.07 Å². The summed E-state index contributed by atoms with van der Waals surface area (Å²) >= 11 is 0. The van der Waals surface area contributed by atoms with E-state index in [4.69, 9.17) is 16.2 Å². The molecule has 6 rings (SSSR count). The van der Waals surface area contributed by atoms with Crippen molar-refractivity contribution in [2.24, 2.45) is 16.5 Å². The van der Waals surface area contributed by atoms with Gasteiger partial charge in [0.15, 0.2) is 12.0 Å². The molecule has 4 atom stereocenters. The van der Waals surface area contributed by atoms with Crippen LogP contribution in [0.15, 0.2) is 23.2 Å². The molecule has 5 aliphatic rings. The van der Waals surface area contributed by atoms with Gasteiger partial charge in [-0.1, -0.05) is 26.0 Å². The van der Waals surface area contributed by atoms with Crippen LogP contribution in [0.3, 0.4) is 0 Å². The standard InChI is InChI=1S/C26H35N9O6/c1-4-33-12-17(36)34(23(33)38)10-15-19-25(32-21(27)31-19)26(39,40)16(11-35(25)22(28)29-15)30-20(37)13-6-5-7-14-18(13)41-9-8-24(14,2)3/h5-7,15-16,19,39-40H,4,8-12H2,1-3H3,(H2,28,29)(H,30,37)(H3,27,31,32)/p+1/t15-,16?,19-,25-/m0/s1. The van der Waals surface area contributed by atoms with Gasteiger partial charge in [0.2, 0.25) is 11.7 Å². The first-order valence-electron chi connectivity index (χ1n) is 13.7. The van der Waals surface area contributed by atoms with Crippen molar-refractivity contribution in [1.82, 2.24) is 25.3 Å². The van der Waals surface area contributed by atoms with E-state index in [0.717, 1.165) is 16.9 Å². The number of carbonyl (C=O) groups excluding carboxylic acids is 3. The lowest BCUT2D eigenvalue weighted by atomic mass is 9.79. The number of nitrogens with two attached hydrogens (primary N) is 2. The van der Waals surface area contributed by atoms with Gasteiger partial charge in [-0.05, 0) is 24.8 Å². The number of urea groups is 1. The Hall–Kier alpha value is -4.11. The smallest absolute Gasteiger partial charge is 0.343 e. The predicted octanol–water partition coefficient (Wildman–Crippen LogP) is -4.11. The number of imide groups is 1. The maximum Gasteiger partial charge on any atom is 0.343 e. The van der Waals surface area contributed by atoms with Crippen LogP contribution in [0, 0.1) is 0 Å². The van der Waals surface area contributed by atoms with Gasteiger partial charge in [-0.2, -0.15) is 0 Å². The van der Waals surface area contributed by atoms with Crippen LogP contribution >= 0.6 is 0 Å². The number of guanidine groups is 2. The molecule has 5 aliphatic heterocycles. The third-order valence-corrected chi connectivity index (χ3v) is 9.03. The van der Waals surface area contributed by atoms with E-state index in [2.05, 4.69) is 34.5 Å². The predicted molar refractivity (Wildman–Crippen MR) is 144 cm³/mol. The number of nitrogens with one attached hydrogen (secondary N) is 3. The maximum atomic E-state index is 13.6. The molecule has 220 valence electrons. The zero-order valence-corrected chi connectivity index (χ0v) is 23.2. The molecule has 0 radical (unpaired) electrons. The Labute approximate surface area is 236 Å². The Morgan fingerprint density at radius 3 is 2.76 bits per heavy atom. The number of aliphatic imine (C=N–C) groups is 1. The quantitative estimate of drug-likeness (QED) is 0.134. The molecule has 15 heteroatoms. The molecule has 1 aromatic carbocycles. The fraction of sp³-hybridized carbons (Fsp3) is 0.577. The molecule has 0 aliphatic carbocycles. The van der Waals surface area contributed by atoms with E-state index >= 15 is 0 Å². The number of nitrogens with zero attached hydrogens (tertiary/aromatic N) is 4. The molecule has 4 amide bonds. The molecular formula is C26H36N9O6+. The number of ether oxygens (including phenoxy) is 1. The lowest BCUT2D eigenvalue weighted by molar-refractivity contribution is -0.521. The van der Waals surface area contributed by atoms with Crippen molar-refractivity contribution >= 4 is 29.8 Å². The molecule has 5 heterocycles. The van der Waals surface area contributed by atoms with Crippen LogP contribution in [0.1, 0.15) is 43.1 Å². The van der Waals surface area contributed by atoms with Crippen molar-refractivity contribution in [3.8, 4) is 5.75 Å². The Morgan fingerprint density at radius 2 is 2.05 bits per heavy atom. The second-order valence-electron chi connectivity index (χ2n) is 11.8. The molecule has 9 N–H and O–H groups in total. The summed E-state index contributed by atoms with van der Waals surface area (Å²) in [6.45, 7) is 6.42. The number of benzene rings is 1. The number of hydrogen-bond acceptors (Lipinski definition) is 11. The number of hydrogen-bond donors (Lipinski definition) is 7. The third kappa shape index (κ3) is 3.75. The van der Waals surface area contributed by atoms with Crippen molar-refractivity contribution in [2.75, 3.05) is 32.8 Å². The summed E-state index contributed by atoms with van der Waals surface area (Å²) in [7, 11) is 0. The van der Waals surface area contributed by atoms with E-state index in [-0.39, 0.29) is 42.5 Å².